The number of benzene rings is 2. The molecule has 0 saturated heterocycles. The van der Waals surface area contributed by atoms with E-state index in [1.807, 2.05) is 12.1 Å². The molecule has 0 saturated carbocycles. The molecule has 0 aliphatic carbocycles. The molecule has 1 aromatic heterocycles. The summed E-state index contributed by atoms with van der Waals surface area (Å²) in [6, 6.07) is 13.9. The van der Waals surface area contributed by atoms with Gasteiger partial charge in [-0.3, -0.25) is 4.79 Å². The quantitative estimate of drug-likeness (QED) is 0.795. The SMILES string of the molecule is Cc1nnc(-c2ccc(NC(=O)c3ccc(Cl)cc3)cc2)o1. The largest absolute Gasteiger partial charge is 0.421 e. The molecule has 0 radical (unpaired) electrons. The minimum absolute atomic E-state index is 0.196. The minimum Gasteiger partial charge on any atom is -0.421 e. The lowest BCUT2D eigenvalue weighted by Gasteiger charge is -2.05. The van der Waals surface area contributed by atoms with Gasteiger partial charge in [0.1, 0.15) is 0 Å². The molecular weight excluding hydrogens is 302 g/mol. The lowest BCUT2D eigenvalue weighted by Crippen LogP contribution is -2.11. The highest BCUT2D eigenvalue weighted by Gasteiger charge is 2.08. The molecule has 0 aliphatic rings. The maximum Gasteiger partial charge on any atom is 0.255 e. The van der Waals surface area contributed by atoms with Gasteiger partial charge in [-0.1, -0.05) is 11.6 Å². The van der Waals surface area contributed by atoms with Crippen LogP contribution in [-0.2, 0) is 0 Å². The molecule has 0 bridgehead atoms. The topological polar surface area (TPSA) is 68.0 Å². The maximum atomic E-state index is 12.1. The van der Waals surface area contributed by atoms with E-state index in [0.717, 1.165) is 5.56 Å². The van der Waals surface area contributed by atoms with Crippen LogP contribution in [-0.4, -0.2) is 16.1 Å². The van der Waals surface area contributed by atoms with Crippen molar-refractivity contribution >= 4 is 23.2 Å². The van der Waals surface area contributed by atoms with Gasteiger partial charge in [-0.25, -0.2) is 0 Å². The third kappa shape index (κ3) is 3.15. The molecule has 0 unspecified atom stereocenters. The van der Waals surface area contributed by atoms with Gasteiger partial charge in [0.15, 0.2) is 0 Å². The predicted octanol–water partition coefficient (Wildman–Crippen LogP) is 3.95. The summed E-state index contributed by atoms with van der Waals surface area (Å²) in [6.45, 7) is 1.73. The highest BCUT2D eigenvalue weighted by molar-refractivity contribution is 6.30. The molecule has 5 nitrogen and oxygen atoms in total. The number of rotatable bonds is 3. The van der Waals surface area contributed by atoms with E-state index in [-0.39, 0.29) is 5.91 Å². The minimum atomic E-state index is -0.196. The van der Waals surface area contributed by atoms with Crippen molar-refractivity contribution in [1.82, 2.24) is 10.2 Å². The van der Waals surface area contributed by atoms with Gasteiger partial charge in [-0.15, -0.1) is 10.2 Å². The Kier molecular flexibility index (Phi) is 3.89. The first-order valence-electron chi connectivity index (χ1n) is 6.59. The molecule has 0 atom stereocenters. The van der Waals surface area contributed by atoms with Gasteiger partial charge in [-0.2, -0.15) is 0 Å². The van der Waals surface area contributed by atoms with E-state index in [2.05, 4.69) is 15.5 Å². The van der Waals surface area contributed by atoms with Crippen molar-refractivity contribution in [3.05, 3.63) is 65.0 Å². The van der Waals surface area contributed by atoms with Crippen LogP contribution in [0.25, 0.3) is 11.5 Å². The highest BCUT2D eigenvalue weighted by Crippen LogP contribution is 2.20. The standard InChI is InChI=1S/C16H12ClN3O2/c1-10-19-20-16(22-10)12-4-8-14(9-5-12)18-15(21)11-2-6-13(17)7-3-11/h2-9H,1H3,(H,18,21). The Hall–Kier alpha value is -2.66. The predicted molar refractivity (Wildman–Crippen MR) is 83.9 cm³/mol. The smallest absolute Gasteiger partial charge is 0.255 e. The van der Waals surface area contributed by atoms with E-state index in [0.29, 0.717) is 28.1 Å². The summed E-state index contributed by atoms with van der Waals surface area (Å²) in [5, 5.41) is 11.1. The second-order valence-electron chi connectivity index (χ2n) is 4.66. The molecule has 22 heavy (non-hydrogen) atoms. The van der Waals surface area contributed by atoms with E-state index in [4.69, 9.17) is 16.0 Å². The number of hydrogen-bond acceptors (Lipinski definition) is 4. The Morgan fingerprint density at radius 2 is 1.73 bits per heavy atom. The van der Waals surface area contributed by atoms with Crippen molar-refractivity contribution < 1.29 is 9.21 Å². The van der Waals surface area contributed by atoms with E-state index in [1.54, 1.807) is 43.3 Å². The average Bonchev–Trinajstić information content (AvgIpc) is 2.95. The zero-order valence-electron chi connectivity index (χ0n) is 11.7. The Morgan fingerprint density at radius 1 is 1.05 bits per heavy atom. The summed E-state index contributed by atoms with van der Waals surface area (Å²) in [7, 11) is 0. The number of carbonyl (C=O) groups is 1. The lowest BCUT2D eigenvalue weighted by atomic mass is 10.2. The Morgan fingerprint density at radius 3 is 2.32 bits per heavy atom. The summed E-state index contributed by atoms with van der Waals surface area (Å²) >= 11 is 5.80. The second kappa shape index (κ2) is 5.99. The van der Waals surface area contributed by atoms with Crippen molar-refractivity contribution in [3.63, 3.8) is 0 Å². The fourth-order valence-corrected chi connectivity index (χ4v) is 2.04. The van der Waals surface area contributed by atoms with E-state index in [1.165, 1.54) is 0 Å². The van der Waals surface area contributed by atoms with Gasteiger partial charge >= 0.3 is 0 Å². The number of nitrogens with one attached hydrogen (secondary N) is 1. The molecule has 1 N–H and O–H groups in total. The van der Waals surface area contributed by atoms with Crippen LogP contribution in [0.5, 0.6) is 0 Å². The number of nitrogens with zero attached hydrogens (tertiary/aromatic N) is 2. The average molecular weight is 314 g/mol. The first-order valence-corrected chi connectivity index (χ1v) is 6.97. The molecule has 0 fully saturated rings. The lowest BCUT2D eigenvalue weighted by molar-refractivity contribution is 0.102. The molecule has 110 valence electrons. The van der Waals surface area contributed by atoms with E-state index >= 15 is 0 Å². The molecule has 3 rings (SSSR count). The maximum absolute atomic E-state index is 12.1. The van der Waals surface area contributed by atoms with Crippen LogP contribution in [0.3, 0.4) is 0 Å². The fraction of sp³-hybridized carbons (Fsp3) is 0.0625. The fourth-order valence-electron chi connectivity index (χ4n) is 1.91. The van der Waals surface area contributed by atoms with Crippen molar-refractivity contribution in [2.75, 3.05) is 5.32 Å². The number of amides is 1. The van der Waals surface area contributed by atoms with E-state index < -0.39 is 0 Å². The van der Waals surface area contributed by atoms with Crippen LogP contribution in [0.1, 0.15) is 16.2 Å². The first-order chi connectivity index (χ1) is 10.6. The van der Waals surface area contributed by atoms with Crippen molar-refractivity contribution in [3.8, 4) is 11.5 Å². The molecule has 6 heteroatoms. The van der Waals surface area contributed by atoms with Gasteiger partial charge in [0.25, 0.3) is 5.91 Å². The Balaban J connectivity index is 1.73. The first kappa shape index (κ1) is 14.3. The highest BCUT2D eigenvalue weighted by atomic mass is 35.5. The number of anilines is 1. The third-order valence-electron chi connectivity index (χ3n) is 3.02. The van der Waals surface area contributed by atoms with E-state index in [9.17, 15) is 4.79 Å². The Labute approximate surface area is 131 Å². The van der Waals surface area contributed by atoms with Crippen LogP contribution in [0.4, 0.5) is 5.69 Å². The van der Waals surface area contributed by atoms with Crippen molar-refractivity contribution in [1.29, 1.82) is 0 Å². The van der Waals surface area contributed by atoms with Crippen LogP contribution >= 0.6 is 11.6 Å². The number of aryl methyl sites for hydroxylation is 1. The summed E-state index contributed by atoms with van der Waals surface area (Å²) in [6.07, 6.45) is 0. The number of carbonyl (C=O) groups excluding carboxylic acids is 1. The molecule has 0 aliphatic heterocycles. The summed E-state index contributed by atoms with van der Waals surface area (Å²) in [5.74, 6) is 0.765. The van der Waals surface area contributed by atoms with Crippen LogP contribution < -0.4 is 5.32 Å². The van der Waals surface area contributed by atoms with Crippen LogP contribution in [0.2, 0.25) is 5.02 Å². The number of halogens is 1. The molecule has 1 amide bonds. The normalized spacial score (nSPS) is 10.5. The van der Waals surface area contributed by atoms with Crippen LogP contribution in [0, 0.1) is 6.92 Å². The Bertz CT molecular complexity index is 795. The molecule has 3 aromatic rings. The number of hydrogen-bond donors (Lipinski definition) is 1. The molecule has 1 heterocycles. The second-order valence-corrected chi connectivity index (χ2v) is 5.10. The van der Waals surface area contributed by atoms with Gasteiger partial charge < -0.3 is 9.73 Å². The van der Waals surface area contributed by atoms with Crippen molar-refractivity contribution in [2.24, 2.45) is 0 Å². The number of aromatic nitrogens is 2. The molecule has 2 aromatic carbocycles. The molecular formula is C16H12ClN3O2. The zero-order chi connectivity index (χ0) is 15.5. The zero-order valence-corrected chi connectivity index (χ0v) is 12.5. The third-order valence-corrected chi connectivity index (χ3v) is 3.27. The van der Waals surface area contributed by atoms with Gasteiger partial charge in [0.2, 0.25) is 11.8 Å². The van der Waals surface area contributed by atoms with Gasteiger partial charge in [-0.05, 0) is 48.5 Å². The van der Waals surface area contributed by atoms with Crippen LogP contribution in [0.15, 0.2) is 52.9 Å². The monoisotopic (exact) mass is 313 g/mol. The van der Waals surface area contributed by atoms with Crippen molar-refractivity contribution in [2.45, 2.75) is 6.92 Å². The summed E-state index contributed by atoms with van der Waals surface area (Å²) in [4.78, 5) is 12.1. The van der Waals surface area contributed by atoms with Gasteiger partial charge in [0, 0.05) is 28.8 Å². The molecule has 0 spiro atoms. The summed E-state index contributed by atoms with van der Waals surface area (Å²) in [5.41, 5.74) is 2.02. The summed E-state index contributed by atoms with van der Waals surface area (Å²) < 4.78 is 5.35. The van der Waals surface area contributed by atoms with Gasteiger partial charge in [0.05, 0.1) is 0 Å².